The minimum absolute atomic E-state index is 0.389. The Morgan fingerprint density at radius 2 is 2.15 bits per heavy atom. The Bertz CT molecular complexity index is 350. The van der Waals surface area contributed by atoms with E-state index in [2.05, 4.69) is 15.9 Å². The average molecular weight is 244 g/mol. The Balaban J connectivity index is 3.33. The zero-order chi connectivity index (χ0) is 10.0. The van der Waals surface area contributed by atoms with Crippen molar-refractivity contribution in [1.29, 1.82) is 0 Å². The number of halogens is 1. The van der Waals surface area contributed by atoms with Crippen LogP contribution in [0.15, 0.2) is 16.6 Å². The molecule has 13 heavy (non-hydrogen) atoms. The van der Waals surface area contributed by atoms with Crippen LogP contribution in [0.5, 0.6) is 5.75 Å². The van der Waals surface area contributed by atoms with Gasteiger partial charge in [-0.1, -0.05) is 15.9 Å². The molecule has 0 aliphatic heterocycles. The second kappa shape index (κ2) is 3.79. The van der Waals surface area contributed by atoms with E-state index in [4.69, 9.17) is 10.5 Å². The number of primary amides is 1. The third-order valence-corrected chi connectivity index (χ3v) is 2.60. The molecule has 0 unspecified atom stereocenters. The molecule has 0 fully saturated rings. The maximum absolute atomic E-state index is 11.0. The zero-order valence-corrected chi connectivity index (χ0v) is 9.01. The van der Waals surface area contributed by atoms with Crippen molar-refractivity contribution in [3.63, 3.8) is 0 Å². The maximum atomic E-state index is 11.0. The lowest BCUT2D eigenvalue weighted by atomic mass is 10.1. The standard InChI is InChI=1S/C9H10BrNO2/c1-5-3-8(13-2)6(9(11)12)4-7(5)10/h3-4H,1-2H3,(H2,11,12). The fraction of sp³-hybridized carbons (Fsp3) is 0.222. The van der Waals surface area contributed by atoms with Crippen LogP contribution in [0.1, 0.15) is 15.9 Å². The summed E-state index contributed by atoms with van der Waals surface area (Å²) < 4.78 is 5.87. The maximum Gasteiger partial charge on any atom is 0.252 e. The van der Waals surface area contributed by atoms with Crippen LogP contribution < -0.4 is 10.5 Å². The number of nitrogens with two attached hydrogens (primary N) is 1. The third kappa shape index (κ3) is 2.01. The summed E-state index contributed by atoms with van der Waals surface area (Å²) in [5.74, 6) is 0.0192. The first kappa shape index (κ1) is 10.1. The topological polar surface area (TPSA) is 52.3 Å². The van der Waals surface area contributed by atoms with E-state index < -0.39 is 5.91 Å². The molecule has 0 spiro atoms. The summed E-state index contributed by atoms with van der Waals surface area (Å²) in [4.78, 5) is 11.0. The second-order valence-corrected chi connectivity index (χ2v) is 3.52. The van der Waals surface area contributed by atoms with Crippen molar-refractivity contribution in [2.24, 2.45) is 5.73 Å². The van der Waals surface area contributed by atoms with E-state index >= 15 is 0 Å². The third-order valence-electron chi connectivity index (χ3n) is 1.75. The first-order valence-electron chi connectivity index (χ1n) is 3.70. The van der Waals surface area contributed by atoms with Gasteiger partial charge in [-0.2, -0.15) is 0 Å². The van der Waals surface area contributed by atoms with Crippen LogP contribution in [-0.2, 0) is 0 Å². The number of amides is 1. The van der Waals surface area contributed by atoms with Crippen molar-refractivity contribution < 1.29 is 9.53 Å². The molecule has 0 radical (unpaired) electrons. The number of rotatable bonds is 2. The minimum atomic E-state index is -0.488. The fourth-order valence-electron chi connectivity index (χ4n) is 1.02. The number of aryl methyl sites for hydroxylation is 1. The molecule has 0 aromatic heterocycles. The summed E-state index contributed by atoms with van der Waals surface area (Å²) >= 11 is 3.31. The molecule has 0 bridgehead atoms. The van der Waals surface area contributed by atoms with Gasteiger partial charge in [0.25, 0.3) is 5.91 Å². The Morgan fingerprint density at radius 1 is 1.54 bits per heavy atom. The van der Waals surface area contributed by atoms with E-state index in [0.29, 0.717) is 11.3 Å². The van der Waals surface area contributed by atoms with Crippen molar-refractivity contribution in [2.75, 3.05) is 7.11 Å². The number of carbonyl (C=O) groups excluding carboxylic acids is 1. The number of hydrogen-bond donors (Lipinski definition) is 1. The molecule has 0 aliphatic rings. The summed E-state index contributed by atoms with van der Waals surface area (Å²) in [6.07, 6.45) is 0. The van der Waals surface area contributed by atoms with Gasteiger partial charge in [0.05, 0.1) is 12.7 Å². The smallest absolute Gasteiger partial charge is 0.252 e. The molecule has 1 amide bonds. The van der Waals surface area contributed by atoms with Crippen LogP contribution in [0.2, 0.25) is 0 Å². The number of methoxy groups -OCH3 is 1. The van der Waals surface area contributed by atoms with Gasteiger partial charge >= 0.3 is 0 Å². The van der Waals surface area contributed by atoms with Crippen molar-refractivity contribution in [3.8, 4) is 5.75 Å². The van der Waals surface area contributed by atoms with E-state index in [1.807, 2.05) is 6.92 Å². The second-order valence-electron chi connectivity index (χ2n) is 2.67. The van der Waals surface area contributed by atoms with Gasteiger partial charge < -0.3 is 10.5 Å². The summed E-state index contributed by atoms with van der Waals surface area (Å²) in [7, 11) is 1.51. The molecule has 70 valence electrons. The monoisotopic (exact) mass is 243 g/mol. The number of hydrogen-bond acceptors (Lipinski definition) is 2. The van der Waals surface area contributed by atoms with Crippen molar-refractivity contribution >= 4 is 21.8 Å². The summed E-state index contributed by atoms with van der Waals surface area (Å²) in [5.41, 5.74) is 6.56. The molecule has 3 nitrogen and oxygen atoms in total. The first-order valence-corrected chi connectivity index (χ1v) is 4.49. The van der Waals surface area contributed by atoms with Gasteiger partial charge in [0.2, 0.25) is 0 Å². The van der Waals surface area contributed by atoms with Gasteiger partial charge in [-0.25, -0.2) is 0 Å². The molecule has 0 aliphatic carbocycles. The van der Waals surface area contributed by atoms with Gasteiger partial charge in [0, 0.05) is 4.47 Å². The summed E-state index contributed by atoms with van der Waals surface area (Å²) in [5, 5.41) is 0. The Kier molecular flexibility index (Phi) is 2.93. The molecule has 1 aromatic carbocycles. The van der Waals surface area contributed by atoms with E-state index in [1.54, 1.807) is 12.1 Å². The van der Waals surface area contributed by atoms with E-state index in [0.717, 1.165) is 10.0 Å². The van der Waals surface area contributed by atoms with E-state index in [9.17, 15) is 4.79 Å². The quantitative estimate of drug-likeness (QED) is 0.863. The van der Waals surface area contributed by atoms with Crippen LogP contribution in [0, 0.1) is 6.92 Å². The molecule has 0 heterocycles. The molecule has 0 atom stereocenters. The highest BCUT2D eigenvalue weighted by Gasteiger charge is 2.10. The average Bonchev–Trinajstić information content (AvgIpc) is 2.08. The van der Waals surface area contributed by atoms with Crippen LogP contribution in [-0.4, -0.2) is 13.0 Å². The molecule has 4 heteroatoms. The van der Waals surface area contributed by atoms with Gasteiger partial charge in [0.1, 0.15) is 5.75 Å². The molecule has 2 N–H and O–H groups in total. The van der Waals surface area contributed by atoms with Crippen LogP contribution in [0.25, 0.3) is 0 Å². The molecule has 1 aromatic rings. The van der Waals surface area contributed by atoms with Crippen molar-refractivity contribution in [1.82, 2.24) is 0 Å². The van der Waals surface area contributed by atoms with Crippen LogP contribution >= 0.6 is 15.9 Å². The highest BCUT2D eigenvalue weighted by molar-refractivity contribution is 9.10. The van der Waals surface area contributed by atoms with Gasteiger partial charge in [-0.05, 0) is 24.6 Å². The molecule has 1 rings (SSSR count). The SMILES string of the molecule is COc1cc(C)c(Br)cc1C(N)=O. The molecular formula is C9H10BrNO2. The number of carbonyl (C=O) groups is 1. The van der Waals surface area contributed by atoms with Gasteiger partial charge in [-0.3, -0.25) is 4.79 Å². The molecule has 0 saturated heterocycles. The number of benzene rings is 1. The fourth-order valence-corrected chi connectivity index (χ4v) is 1.36. The Morgan fingerprint density at radius 3 is 2.62 bits per heavy atom. The molecule has 0 saturated carbocycles. The highest BCUT2D eigenvalue weighted by atomic mass is 79.9. The normalized spacial score (nSPS) is 9.77. The van der Waals surface area contributed by atoms with E-state index in [1.165, 1.54) is 7.11 Å². The zero-order valence-electron chi connectivity index (χ0n) is 7.43. The first-order chi connectivity index (χ1) is 6.06. The van der Waals surface area contributed by atoms with Crippen molar-refractivity contribution in [3.05, 3.63) is 27.7 Å². The largest absolute Gasteiger partial charge is 0.496 e. The highest BCUT2D eigenvalue weighted by Crippen LogP contribution is 2.26. The Hall–Kier alpha value is -1.03. The lowest BCUT2D eigenvalue weighted by Gasteiger charge is -2.07. The Labute approximate surface area is 85.0 Å². The van der Waals surface area contributed by atoms with E-state index in [-0.39, 0.29) is 0 Å². The lowest BCUT2D eigenvalue weighted by Crippen LogP contribution is -2.12. The van der Waals surface area contributed by atoms with Gasteiger partial charge in [-0.15, -0.1) is 0 Å². The molecular weight excluding hydrogens is 234 g/mol. The summed E-state index contributed by atoms with van der Waals surface area (Å²) in [6, 6.07) is 3.43. The van der Waals surface area contributed by atoms with Crippen LogP contribution in [0.4, 0.5) is 0 Å². The van der Waals surface area contributed by atoms with Crippen LogP contribution in [0.3, 0.4) is 0 Å². The predicted octanol–water partition coefficient (Wildman–Crippen LogP) is 1.87. The van der Waals surface area contributed by atoms with Gasteiger partial charge in [0.15, 0.2) is 0 Å². The lowest BCUT2D eigenvalue weighted by molar-refractivity contribution is 0.0997. The number of ether oxygens (including phenoxy) is 1. The summed E-state index contributed by atoms with van der Waals surface area (Å²) in [6.45, 7) is 1.91. The predicted molar refractivity (Wildman–Crippen MR) is 53.9 cm³/mol. The minimum Gasteiger partial charge on any atom is -0.496 e. The van der Waals surface area contributed by atoms with Crippen molar-refractivity contribution in [2.45, 2.75) is 6.92 Å².